The first-order chi connectivity index (χ1) is 8.83. The van der Waals surface area contributed by atoms with Crippen molar-refractivity contribution < 1.29 is 22.3 Å². The van der Waals surface area contributed by atoms with Crippen molar-refractivity contribution in [2.24, 2.45) is 5.73 Å². The molecular formula is C13H17F4NO. The maximum absolute atomic E-state index is 13.5. The van der Waals surface area contributed by atoms with Gasteiger partial charge in [-0.3, -0.25) is 0 Å². The zero-order chi connectivity index (χ0) is 14.5. The summed E-state index contributed by atoms with van der Waals surface area (Å²) in [7, 11) is 0. The molecule has 108 valence electrons. The predicted octanol–water partition coefficient (Wildman–Crippen LogP) is 4.30. The molecule has 6 heteroatoms. The van der Waals surface area contributed by atoms with E-state index < -0.39 is 24.0 Å². The van der Waals surface area contributed by atoms with Gasteiger partial charge in [0.25, 0.3) is 0 Å². The Balaban J connectivity index is 2.78. The van der Waals surface area contributed by atoms with Crippen LogP contribution in [-0.2, 0) is 0 Å². The molecule has 0 saturated carbocycles. The van der Waals surface area contributed by atoms with Gasteiger partial charge in [0, 0.05) is 11.6 Å². The summed E-state index contributed by atoms with van der Waals surface area (Å²) in [5.74, 6) is -1.06. The first kappa shape index (κ1) is 15.8. The Bertz CT molecular complexity index is 406. The van der Waals surface area contributed by atoms with Crippen LogP contribution in [0.3, 0.4) is 0 Å². The molecule has 0 aliphatic rings. The van der Waals surface area contributed by atoms with Crippen molar-refractivity contribution in [3.8, 4) is 5.75 Å². The lowest BCUT2D eigenvalue weighted by molar-refractivity contribution is -0.274. The van der Waals surface area contributed by atoms with Crippen LogP contribution in [0.1, 0.15) is 44.2 Å². The van der Waals surface area contributed by atoms with E-state index in [9.17, 15) is 17.6 Å². The number of ether oxygens (including phenoxy) is 1. The fourth-order valence-corrected chi connectivity index (χ4v) is 1.77. The van der Waals surface area contributed by atoms with Crippen LogP contribution < -0.4 is 10.5 Å². The summed E-state index contributed by atoms with van der Waals surface area (Å²) < 4.78 is 53.5. The molecule has 0 unspecified atom stereocenters. The number of unbranched alkanes of at least 4 members (excludes halogenated alkanes) is 2. The van der Waals surface area contributed by atoms with E-state index in [4.69, 9.17) is 5.73 Å². The van der Waals surface area contributed by atoms with Crippen LogP contribution in [0.25, 0.3) is 0 Å². The number of halogens is 4. The number of hydrogen-bond acceptors (Lipinski definition) is 2. The molecule has 1 aromatic rings. The highest BCUT2D eigenvalue weighted by molar-refractivity contribution is 5.32. The normalized spacial score (nSPS) is 13.4. The van der Waals surface area contributed by atoms with E-state index in [0.717, 1.165) is 37.5 Å². The van der Waals surface area contributed by atoms with E-state index in [1.165, 1.54) is 0 Å². The van der Waals surface area contributed by atoms with Crippen molar-refractivity contribution >= 4 is 0 Å². The molecule has 0 bridgehead atoms. The number of rotatable bonds is 6. The predicted molar refractivity (Wildman–Crippen MR) is 64.2 cm³/mol. The summed E-state index contributed by atoms with van der Waals surface area (Å²) in [6.07, 6.45) is -1.51. The zero-order valence-electron chi connectivity index (χ0n) is 10.6. The molecule has 0 aliphatic heterocycles. The minimum atomic E-state index is -4.79. The van der Waals surface area contributed by atoms with Gasteiger partial charge in [-0.25, -0.2) is 4.39 Å². The van der Waals surface area contributed by atoms with Crippen LogP contribution in [0.4, 0.5) is 17.6 Å². The highest BCUT2D eigenvalue weighted by Gasteiger charge is 2.31. The highest BCUT2D eigenvalue weighted by Crippen LogP contribution is 2.28. The molecule has 19 heavy (non-hydrogen) atoms. The summed E-state index contributed by atoms with van der Waals surface area (Å²) in [6.45, 7) is 2.02. The maximum Gasteiger partial charge on any atom is 0.573 e. The first-order valence-electron chi connectivity index (χ1n) is 6.14. The van der Waals surface area contributed by atoms with Gasteiger partial charge in [0.1, 0.15) is 11.6 Å². The Morgan fingerprint density at radius 3 is 2.53 bits per heavy atom. The molecule has 0 aromatic heterocycles. The second kappa shape index (κ2) is 6.75. The van der Waals surface area contributed by atoms with Gasteiger partial charge in [-0.1, -0.05) is 26.2 Å². The average molecular weight is 279 g/mol. The van der Waals surface area contributed by atoms with E-state index in [1.807, 2.05) is 6.92 Å². The lowest BCUT2D eigenvalue weighted by atomic mass is 10.0. The molecule has 0 heterocycles. The molecule has 0 amide bonds. The Hall–Kier alpha value is -1.30. The van der Waals surface area contributed by atoms with Gasteiger partial charge in [0.05, 0.1) is 0 Å². The van der Waals surface area contributed by atoms with Gasteiger partial charge >= 0.3 is 6.36 Å². The summed E-state index contributed by atoms with van der Waals surface area (Å²) in [4.78, 5) is 0. The van der Waals surface area contributed by atoms with Crippen molar-refractivity contribution in [1.82, 2.24) is 0 Å². The van der Waals surface area contributed by atoms with Crippen LogP contribution >= 0.6 is 0 Å². The van der Waals surface area contributed by atoms with E-state index >= 15 is 0 Å². The Kier molecular flexibility index (Phi) is 5.60. The lowest BCUT2D eigenvalue weighted by Crippen LogP contribution is -2.18. The third-order valence-corrected chi connectivity index (χ3v) is 2.72. The van der Waals surface area contributed by atoms with Crippen molar-refractivity contribution in [1.29, 1.82) is 0 Å². The standard InChI is InChI=1S/C13H17F4NO/c1-2-3-4-5-12(18)10-8-9(6-7-11(10)14)19-13(15,16)17/h6-8,12H,2-5,18H2,1H3/t12-/m1/s1. The molecular weight excluding hydrogens is 262 g/mol. The largest absolute Gasteiger partial charge is 0.573 e. The fourth-order valence-electron chi connectivity index (χ4n) is 1.77. The van der Waals surface area contributed by atoms with Gasteiger partial charge in [-0.2, -0.15) is 0 Å². The van der Waals surface area contributed by atoms with Crippen molar-refractivity contribution in [3.63, 3.8) is 0 Å². The smallest absolute Gasteiger partial charge is 0.406 e. The van der Waals surface area contributed by atoms with Gasteiger partial charge in [-0.05, 0) is 24.6 Å². The van der Waals surface area contributed by atoms with Crippen LogP contribution in [0, 0.1) is 5.82 Å². The zero-order valence-corrected chi connectivity index (χ0v) is 10.6. The van der Waals surface area contributed by atoms with Crippen molar-refractivity contribution in [2.45, 2.75) is 45.0 Å². The molecule has 0 spiro atoms. The van der Waals surface area contributed by atoms with Gasteiger partial charge in [-0.15, -0.1) is 13.2 Å². The molecule has 2 N–H and O–H groups in total. The minimum Gasteiger partial charge on any atom is -0.406 e. The van der Waals surface area contributed by atoms with E-state index in [1.54, 1.807) is 0 Å². The Labute approximate surface area is 109 Å². The number of hydrogen-bond donors (Lipinski definition) is 1. The quantitative estimate of drug-likeness (QED) is 0.622. The molecule has 0 saturated heterocycles. The van der Waals surface area contributed by atoms with Crippen molar-refractivity contribution in [2.75, 3.05) is 0 Å². The Morgan fingerprint density at radius 1 is 1.26 bits per heavy atom. The van der Waals surface area contributed by atoms with Crippen molar-refractivity contribution in [3.05, 3.63) is 29.6 Å². The topological polar surface area (TPSA) is 35.2 Å². The Morgan fingerprint density at radius 2 is 1.95 bits per heavy atom. The molecule has 2 nitrogen and oxygen atoms in total. The lowest BCUT2D eigenvalue weighted by Gasteiger charge is -2.15. The number of nitrogens with two attached hydrogens (primary N) is 1. The van der Waals surface area contributed by atoms with Gasteiger partial charge in [0.2, 0.25) is 0 Å². The number of benzene rings is 1. The SMILES string of the molecule is CCCCC[C@@H](N)c1cc(OC(F)(F)F)ccc1F. The van der Waals surface area contributed by atoms with Crippen LogP contribution in [0.15, 0.2) is 18.2 Å². The van der Waals surface area contributed by atoms with Crippen LogP contribution in [0.5, 0.6) is 5.75 Å². The second-order valence-electron chi connectivity index (χ2n) is 4.33. The van der Waals surface area contributed by atoms with E-state index in [0.29, 0.717) is 6.42 Å². The summed E-state index contributed by atoms with van der Waals surface area (Å²) in [5, 5.41) is 0. The first-order valence-corrected chi connectivity index (χ1v) is 6.14. The van der Waals surface area contributed by atoms with Crippen LogP contribution in [0.2, 0.25) is 0 Å². The summed E-state index contributed by atoms with van der Waals surface area (Å²) in [5.41, 5.74) is 5.85. The van der Waals surface area contributed by atoms with Gasteiger partial charge < -0.3 is 10.5 Å². The molecule has 1 aromatic carbocycles. The minimum absolute atomic E-state index is 0.0536. The third-order valence-electron chi connectivity index (χ3n) is 2.72. The van der Waals surface area contributed by atoms with Gasteiger partial charge in [0.15, 0.2) is 0 Å². The third kappa shape index (κ3) is 5.46. The monoisotopic (exact) mass is 279 g/mol. The molecule has 1 atom stereocenters. The highest BCUT2D eigenvalue weighted by atomic mass is 19.4. The fraction of sp³-hybridized carbons (Fsp3) is 0.538. The number of alkyl halides is 3. The maximum atomic E-state index is 13.5. The molecule has 0 radical (unpaired) electrons. The van der Waals surface area contributed by atoms with E-state index in [2.05, 4.69) is 4.74 Å². The molecule has 0 aliphatic carbocycles. The second-order valence-corrected chi connectivity index (χ2v) is 4.33. The molecule has 1 rings (SSSR count). The van der Waals surface area contributed by atoms with E-state index in [-0.39, 0.29) is 5.56 Å². The summed E-state index contributed by atoms with van der Waals surface area (Å²) >= 11 is 0. The summed E-state index contributed by atoms with van der Waals surface area (Å²) in [6, 6.07) is 2.27. The molecule has 0 fully saturated rings. The van der Waals surface area contributed by atoms with Crippen LogP contribution in [-0.4, -0.2) is 6.36 Å². The average Bonchev–Trinajstić information content (AvgIpc) is 2.30.